The van der Waals surface area contributed by atoms with Crippen molar-refractivity contribution < 1.29 is 24.4 Å². The van der Waals surface area contributed by atoms with E-state index in [4.69, 9.17) is 10.4 Å². The molecule has 2 heterocycles. The first-order valence-corrected chi connectivity index (χ1v) is 9.50. The number of hydrogen-bond acceptors (Lipinski definition) is 5. The van der Waals surface area contributed by atoms with Crippen molar-refractivity contribution in [2.24, 2.45) is 5.73 Å². The summed E-state index contributed by atoms with van der Waals surface area (Å²) in [5, 5.41) is 20.7. The maximum absolute atomic E-state index is 12.9. The van der Waals surface area contributed by atoms with Gasteiger partial charge in [-0.05, 0) is 35.6 Å². The summed E-state index contributed by atoms with van der Waals surface area (Å²) in [6.45, 7) is 1.17. The van der Waals surface area contributed by atoms with Gasteiger partial charge < -0.3 is 25.1 Å². The number of ketones is 1. The van der Waals surface area contributed by atoms with Crippen LogP contribution in [0.5, 0.6) is 5.75 Å². The Morgan fingerprint density at radius 1 is 1.24 bits per heavy atom. The minimum absolute atomic E-state index is 0.0115. The molecule has 0 unspecified atom stereocenters. The molecular formula is C21H21BN2O5. The number of para-hydroxylation sites is 1. The van der Waals surface area contributed by atoms with Crippen molar-refractivity contribution in [3.63, 3.8) is 0 Å². The van der Waals surface area contributed by atoms with E-state index in [1.165, 1.54) is 6.07 Å². The van der Waals surface area contributed by atoms with E-state index in [-0.39, 0.29) is 23.5 Å². The van der Waals surface area contributed by atoms with Crippen LogP contribution in [0, 0.1) is 0 Å². The van der Waals surface area contributed by atoms with Crippen LogP contribution in [0.2, 0.25) is 5.82 Å². The van der Waals surface area contributed by atoms with E-state index in [9.17, 15) is 19.7 Å². The summed E-state index contributed by atoms with van der Waals surface area (Å²) in [6, 6.07) is 12.3. The second-order valence-electron chi connectivity index (χ2n) is 7.27. The fourth-order valence-corrected chi connectivity index (χ4v) is 3.87. The highest BCUT2D eigenvalue weighted by atomic mass is 16.5. The number of benzene rings is 2. The van der Waals surface area contributed by atoms with E-state index in [2.05, 4.69) is 0 Å². The molecule has 148 valence electrons. The van der Waals surface area contributed by atoms with Gasteiger partial charge in [-0.3, -0.25) is 4.79 Å². The van der Waals surface area contributed by atoms with E-state index in [0.717, 1.165) is 10.9 Å². The van der Waals surface area contributed by atoms with Crippen LogP contribution < -0.4 is 10.4 Å². The second-order valence-corrected chi connectivity index (χ2v) is 7.27. The van der Waals surface area contributed by atoms with Crippen molar-refractivity contribution in [1.29, 1.82) is 0 Å². The van der Waals surface area contributed by atoms with Crippen LogP contribution in [-0.2, 0) is 13.0 Å². The van der Waals surface area contributed by atoms with Crippen LogP contribution in [0.15, 0.2) is 48.7 Å². The van der Waals surface area contributed by atoms with Gasteiger partial charge in [-0.15, -0.1) is 0 Å². The molecule has 0 radical (unpaired) electrons. The summed E-state index contributed by atoms with van der Waals surface area (Å²) in [5.41, 5.74) is 7.85. The molecule has 1 aromatic heterocycles. The van der Waals surface area contributed by atoms with Crippen molar-refractivity contribution >= 4 is 29.8 Å². The summed E-state index contributed by atoms with van der Waals surface area (Å²) >= 11 is 0. The predicted molar refractivity (Wildman–Crippen MR) is 109 cm³/mol. The maximum Gasteiger partial charge on any atom is 0.526 e. The Labute approximate surface area is 167 Å². The smallest absolute Gasteiger partial charge is 0.526 e. The standard InChI is InChI=1S/C21H21BN2O5/c23-7-9-24-8-6-13-4-5-14(11-18(13)24)19(25)12-16-10-15-2-1-3-17(21(26)27)20(15)29-22(16)28/h1-6,8,11,16,28H,7,9-10,12,23H2,(H,26,27)/t16-/m1/s1. The predicted octanol–water partition coefficient (Wildman–Crippen LogP) is 2.36. The number of Topliss-reactive ketones (excluding diaryl/α,β-unsaturated/α-hetero) is 1. The zero-order valence-corrected chi connectivity index (χ0v) is 15.7. The van der Waals surface area contributed by atoms with Crippen LogP contribution in [0.3, 0.4) is 0 Å². The Balaban J connectivity index is 1.56. The largest absolute Gasteiger partial charge is 0.535 e. The van der Waals surface area contributed by atoms with Crippen molar-refractivity contribution in [1.82, 2.24) is 4.57 Å². The Bertz CT molecular complexity index is 1090. The number of carboxylic acid groups (broad SMARTS) is 1. The minimum atomic E-state index is -1.24. The number of aromatic nitrogens is 1. The lowest BCUT2D eigenvalue weighted by Gasteiger charge is -2.28. The lowest BCUT2D eigenvalue weighted by Crippen LogP contribution is -2.35. The monoisotopic (exact) mass is 392 g/mol. The number of aromatic carboxylic acids is 1. The number of carboxylic acids is 1. The third-order valence-corrected chi connectivity index (χ3v) is 5.36. The Morgan fingerprint density at radius 2 is 2.07 bits per heavy atom. The molecule has 4 N–H and O–H groups in total. The number of carbonyl (C=O) groups is 2. The van der Waals surface area contributed by atoms with Crippen molar-refractivity contribution in [2.45, 2.75) is 25.2 Å². The fraction of sp³-hybridized carbons (Fsp3) is 0.238. The Morgan fingerprint density at radius 3 is 2.83 bits per heavy atom. The van der Waals surface area contributed by atoms with Gasteiger partial charge in [0, 0.05) is 42.6 Å². The van der Waals surface area contributed by atoms with Gasteiger partial charge in [0.25, 0.3) is 0 Å². The first-order valence-electron chi connectivity index (χ1n) is 9.50. The number of fused-ring (bicyclic) bond motifs is 2. The normalized spacial score (nSPS) is 15.8. The molecule has 0 saturated heterocycles. The zero-order chi connectivity index (χ0) is 20.5. The molecule has 4 rings (SSSR count). The van der Waals surface area contributed by atoms with Crippen molar-refractivity contribution in [2.75, 3.05) is 6.54 Å². The molecule has 1 aliphatic rings. The van der Waals surface area contributed by atoms with Crippen molar-refractivity contribution in [3.05, 3.63) is 65.4 Å². The summed E-state index contributed by atoms with van der Waals surface area (Å²) in [6.07, 6.45) is 2.41. The summed E-state index contributed by atoms with van der Waals surface area (Å²) in [7, 11) is -1.24. The average molecular weight is 392 g/mol. The van der Waals surface area contributed by atoms with Gasteiger partial charge in [0.05, 0.1) is 5.56 Å². The summed E-state index contributed by atoms with van der Waals surface area (Å²) in [5.74, 6) is -1.49. The van der Waals surface area contributed by atoms with E-state index in [0.29, 0.717) is 30.6 Å². The lowest BCUT2D eigenvalue weighted by molar-refractivity contribution is 0.0693. The highest BCUT2D eigenvalue weighted by molar-refractivity contribution is 6.47. The van der Waals surface area contributed by atoms with Gasteiger partial charge in [-0.2, -0.15) is 0 Å². The maximum atomic E-state index is 12.9. The van der Waals surface area contributed by atoms with Gasteiger partial charge in [-0.25, -0.2) is 4.79 Å². The van der Waals surface area contributed by atoms with E-state index < -0.39 is 18.9 Å². The first-order chi connectivity index (χ1) is 14.0. The second kappa shape index (κ2) is 7.73. The van der Waals surface area contributed by atoms with Crippen LogP contribution in [0.25, 0.3) is 10.9 Å². The average Bonchev–Trinajstić information content (AvgIpc) is 3.10. The molecule has 1 aliphatic heterocycles. The van der Waals surface area contributed by atoms with Crippen molar-refractivity contribution in [3.8, 4) is 5.75 Å². The summed E-state index contributed by atoms with van der Waals surface area (Å²) in [4.78, 5) is 24.2. The van der Waals surface area contributed by atoms with E-state index in [1.54, 1.807) is 18.2 Å². The van der Waals surface area contributed by atoms with E-state index >= 15 is 0 Å². The highest BCUT2D eigenvalue weighted by Crippen LogP contribution is 2.36. The van der Waals surface area contributed by atoms with Crippen LogP contribution in [0.1, 0.15) is 32.7 Å². The molecule has 0 amide bonds. The molecule has 1 atom stereocenters. The molecule has 0 aliphatic carbocycles. The minimum Gasteiger partial charge on any atom is -0.535 e. The molecule has 2 aromatic carbocycles. The lowest BCUT2D eigenvalue weighted by atomic mass is 9.64. The molecule has 0 fully saturated rings. The SMILES string of the molecule is NCCn1ccc2ccc(C(=O)C[C@H]3Cc4cccc(C(=O)O)c4OB3O)cc21. The molecule has 0 bridgehead atoms. The molecule has 29 heavy (non-hydrogen) atoms. The van der Waals surface area contributed by atoms with Gasteiger partial charge in [0.15, 0.2) is 5.78 Å². The fourth-order valence-electron chi connectivity index (χ4n) is 3.87. The zero-order valence-electron chi connectivity index (χ0n) is 15.7. The Hall–Kier alpha value is -3.10. The Kier molecular flexibility index (Phi) is 5.13. The first kappa shape index (κ1) is 19.2. The number of hydrogen-bond donors (Lipinski definition) is 3. The van der Waals surface area contributed by atoms with Gasteiger partial charge in [-0.1, -0.05) is 24.3 Å². The number of rotatable bonds is 6. The third-order valence-electron chi connectivity index (χ3n) is 5.36. The van der Waals surface area contributed by atoms with Crippen LogP contribution in [0.4, 0.5) is 0 Å². The molecule has 0 saturated carbocycles. The van der Waals surface area contributed by atoms with Gasteiger partial charge in [0.1, 0.15) is 5.75 Å². The topological polar surface area (TPSA) is 115 Å². The van der Waals surface area contributed by atoms with Crippen LogP contribution in [-0.4, -0.2) is 40.1 Å². The molecule has 8 heteroatoms. The number of nitrogens with zero attached hydrogens (tertiary/aromatic N) is 1. The van der Waals surface area contributed by atoms with Gasteiger partial charge >= 0.3 is 13.1 Å². The molecule has 7 nitrogen and oxygen atoms in total. The number of nitrogens with two attached hydrogens (primary N) is 1. The third kappa shape index (κ3) is 3.64. The summed E-state index contributed by atoms with van der Waals surface area (Å²) < 4.78 is 7.50. The molecule has 3 aromatic rings. The van der Waals surface area contributed by atoms with E-state index in [1.807, 2.05) is 29.0 Å². The number of carbonyl (C=O) groups excluding carboxylic acids is 1. The highest BCUT2D eigenvalue weighted by Gasteiger charge is 2.37. The molecular weight excluding hydrogens is 371 g/mol. The quantitative estimate of drug-likeness (QED) is 0.438. The molecule has 0 spiro atoms. The van der Waals surface area contributed by atoms with Gasteiger partial charge in [0.2, 0.25) is 0 Å². The van der Waals surface area contributed by atoms with Crippen LogP contribution >= 0.6 is 0 Å².